The molecule has 0 rings (SSSR count). The van der Waals surface area contributed by atoms with E-state index in [-0.39, 0.29) is 48.9 Å². The molecule has 0 aromatic heterocycles. The second kappa shape index (κ2) is 29.0. The van der Waals surface area contributed by atoms with E-state index in [1.807, 2.05) is 0 Å². The quantitative estimate of drug-likeness (QED) is 0.102. The Labute approximate surface area is 238 Å². The first-order valence-electron chi connectivity index (χ1n) is 11.4. The van der Waals surface area contributed by atoms with Gasteiger partial charge in [0.15, 0.2) is 0 Å². The summed E-state index contributed by atoms with van der Waals surface area (Å²) in [7, 11) is 0. The molecule has 33 heavy (non-hydrogen) atoms. The van der Waals surface area contributed by atoms with Crippen molar-refractivity contribution in [1.82, 2.24) is 0 Å². The second-order valence-corrected chi connectivity index (χ2v) is 7.18. The van der Waals surface area contributed by atoms with Gasteiger partial charge in [0.2, 0.25) is 0 Å². The first-order valence-corrected chi connectivity index (χ1v) is 11.4. The normalized spacial score (nSPS) is 10.2. The van der Waals surface area contributed by atoms with E-state index < -0.39 is 23.9 Å². The van der Waals surface area contributed by atoms with Gasteiger partial charge in [-0.25, -0.2) is 9.59 Å². The summed E-state index contributed by atoms with van der Waals surface area (Å²) in [5.41, 5.74) is 0. The van der Waals surface area contributed by atoms with Crippen molar-refractivity contribution in [1.29, 1.82) is 0 Å². The van der Waals surface area contributed by atoms with Gasteiger partial charge in [0.05, 0.1) is 25.2 Å². The number of carboxylic acids is 2. The Bertz CT molecular complexity index is 523. The van der Waals surface area contributed by atoms with Crippen LogP contribution in [0.25, 0.3) is 0 Å². The molecule has 0 amide bonds. The molecule has 9 heteroatoms. The molecule has 8 nitrogen and oxygen atoms in total. The van der Waals surface area contributed by atoms with Crippen LogP contribution in [0.1, 0.15) is 90.9 Å². The maximum absolute atomic E-state index is 10.9. The van der Waals surface area contributed by atoms with Crippen LogP contribution in [0.15, 0.2) is 24.3 Å². The Morgan fingerprint density at radius 2 is 0.848 bits per heavy atom. The number of carbonyl (C=O) groups excluding carboxylic acids is 4. The summed E-state index contributed by atoms with van der Waals surface area (Å²) in [5, 5.41) is 19.9. The molecule has 0 saturated carbocycles. The summed E-state index contributed by atoms with van der Waals surface area (Å²) in [6, 6.07) is 0. The molecule has 0 radical (unpaired) electrons. The fraction of sp³-hybridized carbons (Fsp3) is 0.667. The van der Waals surface area contributed by atoms with Gasteiger partial charge < -0.3 is 29.3 Å². The van der Waals surface area contributed by atoms with Crippen molar-refractivity contribution < 1.29 is 38.9 Å². The average molecular weight is 592 g/mol. The molecular formula is C24H38BaO8. The monoisotopic (exact) mass is 592 g/mol. The Kier molecular flexibility index (Phi) is 32.0. The summed E-state index contributed by atoms with van der Waals surface area (Å²) >= 11 is 0. The standard InChI is InChI=1S/2C12H20O4.Ba/c2*1-2-3-4-5-6-7-10-16-12(15)9-8-11(13)14;/h2*8-9H,2-7,10H2,1H3,(H,13,14);/q;;+2/p-2. The molecule has 0 N–H and O–H groups in total. The Hall–Kier alpha value is -1.07. The first kappa shape index (κ1) is 36.5. The van der Waals surface area contributed by atoms with Crippen LogP contribution >= 0.6 is 0 Å². The summed E-state index contributed by atoms with van der Waals surface area (Å²) in [6.07, 6.45) is 16.5. The molecular weight excluding hydrogens is 554 g/mol. The molecule has 0 aromatic rings. The molecule has 0 fully saturated rings. The summed E-state index contributed by atoms with van der Waals surface area (Å²) in [5.74, 6) is -4.04. The van der Waals surface area contributed by atoms with E-state index in [0.717, 1.165) is 50.7 Å². The Balaban J connectivity index is -0.000000529. The molecule has 0 aromatic carbocycles. The number of hydrogen-bond donors (Lipinski definition) is 0. The molecule has 0 unspecified atom stereocenters. The van der Waals surface area contributed by atoms with E-state index in [4.69, 9.17) is 9.47 Å². The topological polar surface area (TPSA) is 133 Å². The van der Waals surface area contributed by atoms with E-state index in [0.29, 0.717) is 25.4 Å². The maximum atomic E-state index is 10.9. The van der Waals surface area contributed by atoms with Crippen molar-refractivity contribution in [3.63, 3.8) is 0 Å². The fourth-order valence-electron chi connectivity index (χ4n) is 2.48. The van der Waals surface area contributed by atoms with Crippen LogP contribution in [0.5, 0.6) is 0 Å². The van der Waals surface area contributed by atoms with Gasteiger partial charge in [-0.1, -0.05) is 78.1 Å². The smallest absolute Gasteiger partial charge is 0.545 e. The van der Waals surface area contributed by atoms with Crippen LogP contribution in [0.4, 0.5) is 0 Å². The maximum Gasteiger partial charge on any atom is 2.00 e. The van der Waals surface area contributed by atoms with E-state index in [9.17, 15) is 29.4 Å². The number of rotatable bonds is 18. The van der Waals surface area contributed by atoms with Crippen molar-refractivity contribution >= 4 is 72.8 Å². The molecule has 0 aliphatic carbocycles. The van der Waals surface area contributed by atoms with Crippen molar-refractivity contribution in [3.8, 4) is 0 Å². The number of carboxylic acid groups (broad SMARTS) is 2. The molecule has 0 bridgehead atoms. The number of aliphatic carboxylic acids is 2. The number of ether oxygens (including phenoxy) is 2. The number of hydrogen-bond acceptors (Lipinski definition) is 8. The molecule has 0 heterocycles. The average Bonchev–Trinajstić information content (AvgIpc) is 2.75. The van der Waals surface area contributed by atoms with Crippen LogP contribution in [0.2, 0.25) is 0 Å². The van der Waals surface area contributed by atoms with Crippen LogP contribution in [0, 0.1) is 0 Å². The number of esters is 2. The van der Waals surface area contributed by atoms with E-state index in [1.54, 1.807) is 0 Å². The molecule has 0 spiro atoms. The van der Waals surface area contributed by atoms with Crippen molar-refractivity contribution in [2.45, 2.75) is 90.9 Å². The van der Waals surface area contributed by atoms with Crippen LogP contribution < -0.4 is 10.2 Å². The minimum absolute atomic E-state index is 0. The van der Waals surface area contributed by atoms with Crippen LogP contribution in [-0.2, 0) is 28.7 Å². The van der Waals surface area contributed by atoms with Gasteiger partial charge in [-0.15, -0.1) is 0 Å². The van der Waals surface area contributed by atoms with Crippen LogP contribution in [-0.4, -0.2) is 86.0 Å². The third-order valence-corrected chi connectivity index (χ3v) is 4.20. The summed E-state index contributed by atoms with van der Waals surface area (Å²) in [4.78, 5) is 41.7. The molecule has 0 atom stereocenters. The van der Waals surface area contributed by atoms with Gasteiger partial charge in [-0.05, 0) is 25.0 Å². The number of unbranched alkanes of at least 4 members (excludes halogenated alkanes) is 10. The third kappa shape index (κ3) is 35.7. The van der Waals surface area contributed by atoms with Crippen molar-refractivity contribution in [3.05, 3.63) is 24.3 Å². The van der Waals surface area contributed by atoms with E-state index in [2.05, 4.69) is 13.8 Å². The predicted octanol–water partition coefficient (Wildman–Crippen LogP) is 2.01. The van der Waals surface area contributed by atoms with Gasteiger partial charge in [0.1, 0.15) is 0 Å². The van der Waals surface area contributed by atoms with Crippen molar-refractivity contribution in [2.75, 3.05) is 13.2 Å². The molecule has 184 valence electrons. The molecule has 0 aliphatic heterocycles. The molecule has 0 saturated heterocycles. The SMILES string of the molecule is CCCCCCCCOC(=O)C=CC(=O)[O-].CCCCCCCCOC(=O)C=CC(=O)[O-].[Ba+2]. The predicted molar refractivity (Wildman–Crippen MR) is 123 cm³/mol. The van der Waals surface area contributed by atoms with Gasteiger partial charge >= 0.3 is 60.8 Å². The zero-order valence-electron chi connectivity index (χ0n) is 20.2. The Morgan fingerprint density at radius 3 is 1.15 bits per heavy atom. The molecule has 0 aliphatic rings. The Morgan fingerprint density at radius 1 is 0.545 bits per heavy atom. The summed E-state index contributed by atoms with van der Waals surface area (Å²) < 4.78 is 9.56. The minimum Gasteiger partial charge on any atom is -0.545 e. The third-order valence-electron chi connectivity index (χ3n) is 4.20. The fourth-order valence-corrected chi connectivity index (χ4v) is 2.48. The van der Waals surface area contributed by atoms with Gasteiger partial charge in [0, 0.05) is 12.2 Å². The van der Waals surface area contributed by atoms with Gasteiger partial charge in [0.25, 0.3) is 0 Å². The zero-order valence-corrected chi connectivity index (χ0v) is 24.6. The van der Waals surface area contributed by atoms with E-state index >= 15 is 0 Å². The second-order valence-electron chi connectivity index (χ2n) is 7.18. The minimum atomic E-state index is -1.39. The zero-order chi connectivity index (χ0) is 24.5. The first-order chi connectivity index (χ1) is 15.3. The van der Waals surface area contributed by atoms with Gasteiger partial charge in [-0.3, -0.25) is 0 Å². The van der Waals surface area contributed by atoms with E-state index in [1.165, 1.54) is 38.5 Å². The van der Waals surface area contributed by atoms with Crippen molar-refractivity contribution in [2.24, 2.45) is 0 Å². The summed E-state index contributed by atoms with van der Waals surface area (Å²) in [6.45, 7) is 5.02. The van der Waals surface area contributed by atoms with Crippen LogP contribution in [0.3, 0.4) is 0 Å². The number of carbonyl (C=O) groups is 4. The van der Waals surface area contributed by atoms with Gasteiger partial charge in [-0.2, -0.15) is 0 Å². The largest absolute Gasteiger partial charge is 2.00 e.